The first-order valence-corrected chi connectivity index (χ1v) is 6.95. The molecule has 2 saturated carbocycles. The molecule has 1 aromatic carbocycles. The number of amides is 1. The summed E-state index contributed by atoms with van der Waals surface area (Å²) in [5, 5.41) is 21.3. The van der Waals surface area contributed by atoms with Crippen molar-refractivity contribution in [3.63, 3.8) is 0 Å². The zero-order valence-corrected chi connectivity index (χ0v) is 11.0. The van der Waals surface area contributed by atoms with E-state index in [1.165, 1.54) is 25.0 Å². The molecule has 106 valence electrons. The SMILES string of the molecule is O=C(O)c1ccc(NC(=O)C2C3CCCCC32)c(O)c1. The second-order valence-corrected chi connectivity index (χ2v) is 5.66. The summed E-state index contributed by atoms with van der Waals surface area (Å²) in [7, 11) is 0. The van der Waals surface area contributed by atoms with Gasteiger partial charge < -0.3 is 15.5 Å². The molecule has 3 rings (SSSR count). The van der Waals surface area contributed by atoms with Gasteiger partial charge in [-0.25, -0.2) is 4.79 Å². The minimum atomic E-state index is -1.11. The second kappa shape index (κ2) is 4.81. The lowest BCUT2D eigenvalue weighted by atomic mass is 10.0. The molecule has 2 aliphatic carbocycles. The van der Waals surface area contributed by atoms with Crippen LogP contribution in [0.5, 0.6) is 5.75 Å². The summed E-state index contributed by atoms with van der Waals surface area (Å²) in [5.41, 5.74) is 0.282. The number of hydrogen-bond acceptors (Lipinski definition) is 3. The molecule has 0 spiro atoms. The lowest BCUT2D eigenvalue weighted by molar-refractivity contribution is -0.117. The first-order valence-electron chi connectivity index (χ1n) is 6.95. The Morgan fingerprint density at radius 2 is 1.80 bits per heavy atom. The molecule has 2 atom stereocenters. The van der Waals surface area contributed by atoms with Gasteiger partial charge >= 0.3 is 5.97 Å². The summed E-state index contributed by atoms with van der Waals surface area (Å²) < 4.78 is 0. The Morgan fingerprint density at radius 3 is 2.35 bits per heavy atom. The Balaban J connectivity index is 1.69. The Morgan fingerprint density at radius 1 is 1.15 bits per heavy atom. The number of fused-ring (bicyclic) bond motifs is 1. The summed E-state index contributed by atoms with van der Waals surface area (Å²) in [6, 6.07) is 3.96. The van der Waals surface area contributed by atoms with Crippen molar-refractivity contribution >= 4 is 17.6 Å². The maximum absolute atomic E-state index is 12.2. The zero-order valence-electron chi connectivity index (χ0n) is 11.0. The third kappa shape index (κ3) is 2.24. The van der Waals surface area contributed by atoms with Gasteiger partial charge in [-0.1, -0.05) is 12.8 Å². The Bertz CT molecular complexity index is 557. The molecule has 5 heteroatoms. The molecule has 1 amide bonds. The maximum atomic E-state index is 12.2. The number of aromatic hydroxyl groups is 1. The van der Waals surface area contributed by atoms with Gasteiger partial charge in [-0.2, -0.15) is 0 Å². The van der Waals surface area contributed by atoms with Crippen LogP contribution < -0.4 is 5.32 Å². The highest BCUT2D eigenvalue weighted by molar-refractivity contribution is 5.97. The van der Waals surface area contributed by atoms with Gasteiger partial charge in [-0.15, -0.1) is 0 Å². The fourth-order valence-electron chi connectivity index (χ4n) is 3.37. The van der Waals surface area contributed by atoms with Crippen LogP contribution in [-0.4, -0.2) is 22.1 Å². The summed E-state index contributed by atoms with van der Waals surface area (Å²) in [4.78, 5) is 23.0. The van der Waals surface area contributed by atoms with Crippen LogP contribution in [0.2, 0.25) is 0 Å². The molecule has 2 aliphatic rings. The minimum absolute atomic E-state index is 0.000547. The number of phenolic OH excluding ortho intramolecular Hbond substituents is 1. The molecule has 0 saturated heterocycles. The molecule has 2 fully saturated rings. The lowest BCUT2D eigenvalue weighted by Crippen LogP contribution is -2.15. The van der Waals surface area contributed by atoms with E-state index in [1.807, 2.05) is 0 Å². The van der Waals surface area contributed by atoms with Crippen molar-refractivity contribution in [2.45, 2.75) is 25.7 Å². The highest BCUT2D eigenvalue weighted by Crippen LogP contribution is 2.55. The first-order chi connectivity index (χ1) is 9.58. The fourth-order valence-corrected chi connectivity index (χ4v) is 3.37. The van der Waals surface area contributed by atoms with E-state index < -0.39 is 5.97 Å². The molecule has 2 unspecified atom stereocenters. The zero-order chi connectivity index (χ0) is 14.3. The van der Waals surface area contributed by atoms with Crippen molar-refractivity contribution in [3.8, 4) is 5.75 Å². The second-order valence-electron chi connectivity index (χ2n) is 5.66. The normalized spacial score (nSPS) is 27.5. The highest BCUT2D eigenvalue weighted by atomic mass is 16.4. The number of carboxylic acid groups (broad SMARTS) is 1. The van der Waals surface area contributed by atoms with Crippen LogP contribution in [0.4, 0.5) is 5.69 Å². The number of carbonyl (C=O) groups excluding carboxylic acids is 1. The summed E-state index contributed by atoms with van der Waals surface area (Å²) in [6.07, 6.45) is 4.63. The third-order valence-corrected chi connectivity index (χ3v) is 4.46. The van der Waals surface area contributed by atoms with Crippen molar-refractivity contribution in [3.05, 3.63) is 23.8 Å². The topological polar surface area (TPSA) is 86.6 Å². The molecular formula is C15H17NO4. The van der Waals surface area contributed by atoms with Crippen molar-refractivity contribution < 1.29 is 19.8 Å². The largest absolute Gasteiger partial charge is 0.506 e. The molecule has 0 aliphatic heterocycles. The number of carboxylic acids is 1. The van der Waals surface area contributed by atoms with Crippen molar-refractivity contribution in [1.82, 2.24) is 0 Å². The third-order valence-electron chi connectivity index (χ3n) is 4.46. The molecule has 20 heavy (non-hydrogen) atoms. The quantitative estimate of drug-likeness (QED) is 0.739. The molecule has 0 aromatic heterocycles. The molecule has 1 aromatic rings. The number of benzene rings is 1. The van der Waals surface area contributed by atoms with E-state index in [2.05, 4.69) is 5.32 Å². The van der Waals surface area contributed by atoms with Crippen LogP contribution in [-0.2, 0) is 4.79 Å². The molecule has 5 nitrogen and oxygen atoms in total. The number of rotatable bonds is 3. The predicted octanol–water partition coefficient (Wildman–Crippen LogP) is 2.47. The van der Waals surface area contributed by atoms with E-state index in [0.717, 1.165) is 18.9 Å². The Labute approximate surface area is 116 Å². The van der Waals surface area contributed by atoms with E-state index >= 15 is 0 Å². The van der Waals surface area contributed by atoms with E-state index in [0.29, 0.717) is 11.8 Å². The molecular weight excluding hydrogens is 258 g/mol. The predicted molar refractivity (Wildman–Crippen MR) is 72.6 cm³/mol. The van der Waals surface area contributed by atoms with E-state index in [4.69, 9.17) is 5.11 Å². The van der Waals surface area contributed by atoms with Gasteiger partial charge in [0.1, 0.15) is 5.75 Å². The number of phenols is 1. The highest BCUT2D eigenvalue weighted by Gasteiger charge is 2.54. The van der Waals surface area contributed by atoms with Crippen LogP contribution in [0.15, 0.2) is 18.2 Å². The van der Waals surface area contributed by atoms with Gasteiger partial charge in [0.2, 0.25) is 5.91 Å². The van der Waals surface area contributed by atoms with E-state index in [1.54, 1.807) is 0 Å². The molecule has 3 N–H and O–H groups in total. The number of aromatic carboxylic acids is 1. The van der Waals surface area contributed by atoms with Crippen LogP contribution in [0, 0.1) is 17.8 Å². The van der Waals surface area contributed by atoms with Gasteiger partial charge in [0.25, 0.3) is 0 Å². The van der Waals surface area contributed by atoms with Gasteiger partial charge in [0.05, 0.1) is 11.3 Å². The van der Waals surface area contributed by atoms with Gasteiger partial charge in [0, 0.05) is 5.92 Å². The average Bonchev–Trinajstić information content (AvgIpc) is 3.15. The number of nitrogens with one attached hydrogen (secondary N) is 1. The van der Waals surface area contributed by atoms with Gasteiger partial charge in [0.15, 0.2) is 0 Å². The summed E-state index contributed by atoms with van der Waals surface area (Å²) >= 11 is 0. The van der Waals surface area contributed by atoms with Crippen LogP contribution >= 0.6 is 0 Å². The smallest absolute Gasteiger partial charge is 0.335 e. The fraction of sp³-hybridized carbons (Fsp3) is 0.467. The summed E-state index contributed by atoms with van der Waals surface area (Å²) in [5.74, 6) is -0.294. The van der Waals surface area contributed by atoms with Gasteiger partial charge in [-0.3, -0.25) is 4.79 Å². The lowest BCUT2D eigenvalue weighted by Gasteiger charge is -2.07. The Hall–Kier alpha value is -2.04. The monoisotopic (exact) mass is 275 g/mol. The van der Waals surface area contributed by atoms with Crippen LogP contribution in [0.25, 0.3) is 0 Å². The summed E-state index contributed by atoms with van der Waals surface area (Å²) in [6.45, 7) is 0. The first kappa shape index (κ1) is 13.0. The van der Waals surface area contributed by atoms with Crippen molar-refractivity contribution in [1.29, 1.82) is 0 Å². The van der Waals surface area contributed by atoms with Gasteiger partial charge in [-0.05, 0) is 42.9 Å². The number of anilines is 1. The minimum Gasteiger partial charge on any atom is -0.506 e. The molecule has 0 bridgehead atoms. The van der Waals surface area contributed by atoms with Crippen molar-refractivity contribution in [2.24, 2.45) is 17.8 Å². The van der Waals surface area contributed by atoms with Crippen molar-refractivity contribution in [2.75, 3.05) is 5.32 Å². The van der Waals surface area contributed by atoms with Crippen LogP contribution in [0.3, 0.4) is 0 Å². The maximum Gasteiger partial charge on any atom is 0.335 e. The molecule has 0 heterocycles. The van der Waals surface area contributed by atoms with Crippen LogP contribution in [0.1, 0.15) is 36.0 Å². The standard InChI is InChI=1S/C15H17NO4/c17-12-7-8(15(19)20)5-6-11(12)16-14(18)13-9-3-1-2-4-10(9)13/h5-7,9-10,13,17H,1-4H2,(H,16,18)(H,19,20). The van der Waals surface area contributed by atoms with E-state index in [9.17, 15) is 14.7 Å². The number of hydrogen-bond donors (Lipinski definition) is 3. The molecule has 0 radical (unpaired) electrons. The average molecular weight is 275 g/mol. The van der Waals surface area contributed by atoms with E-state index in [-0.39, 0.29) is 28.8 Å². The Kier molecular flexibility index (Phi) is 3.12. The number of carbonyl (C=O) groups is 2.